The van der Waals surface area contributed by atoms with Gasteiger partial charge in [0.05, 0.1) is 11.6 Å². The molecule has 0 N–H and O–H groups in total. The molecule has 0 radical (unpaired) electrons. The molecule has 0 bridgehead atoms. The first-order valence-corrected chi connectivity index (χ1v) is 9.14. The van der Waals surface area contributed by atoms with E-state index in [1.165, 1.54) is 44.2 Å². The molecule has 0 aromatic heterocycles. The lowest BCUT2D eigenvalue weighted by Crippen LogP contribution is -2.24. The van der Waals surface area contributed by atoms with E-state index in [-0.39, 0.29) is 12.0 Å². The van der Waals surface area contributed by atoms with Crippen LogP contribution in [0.15, 0.2) is 59.8 Å². The Morgan fingerprint density at radius 3 is 2.31 bits per heavy atom. The summed E-state index contributed by atoms with van der Waals surface area (Å²) in [5, 5.41) is 7.09. The Morgan fingerprint density at radius 2 is 1.58 bits per heavy atom. The molecule has 0 unspecified atom stereocenters. The van der Waals surface area contributed by atoms with Crippen LogP contribution in [0.2, 0.25) is 0 Å². The van der Waals surface area contributed by atoms with Crippen molar-refractivity contribution in [1.29, 1.82) is 0 Å². The standard InChI is InChI=1S/C24H21NO/c1-14-10-15(2)22(16(3)11-14)24-23-20-13-18-7-5-4-6-17(18)12-19(20)8-9-21(23)26-25-24/h4-13,21,23H,1-3H3/t21-,23+/m1/s1. The van der Waals surface area contributed by atoms with Crippen LogP contribution in [0.5, 0.6) is 0 Å². The Morgan fingerprint density at radius 1 is 0.885 bits per heavy atom. The van der Waals surface area contributed by atoms with Crippen LogP contribution in [0.4, 0.5) is 0 Å². The van der Waals surface area contributed by atoms with Gasteiger partial charge in [0, 0.05) is 5.56 Å². The second-order valence-corrected chi connectivity index (χ2v) is 7.49. The van der Waals surface area contributed by atoms with Gasteiger partial charge in [-0.3, -0.25) is 0 Å². The molecule has 0 spiro atoms. The Hall–Kier alpha value is -2.87. The predicted octanol–water partition coefficient (Wildman–Crippen LogP) is 5.68. The van der Waals surface area contributed by atoms with Gasteiger partial charge in [0.1, 0.15) is 0 Å². The maximum Gasteiger partial charge on any atom is 0.158 e. The second-order valence-electron chi connectivity index (χ2n) is 7.49. The van der Waals surface area contributed by atoms with Crippen LogP contribution in [0, 0.1) is 20.8 Å². The fraction of sp³-hybridized carbons (Fsp3) is 0.208. The molecule has 0 saturated heterocycles. The van der Waals surface area contributed by atoms with E-state index < -0.39 is 0 Å². The molecule has 1 aliphatic heterocycles. The Labute approximate surface area is 153 Å². The minimum atomic E-state index is -0.0150. The number of fused-ring (bicyclic) bond motifs is 4. The summed E-state index contributed by atoms with van der Waals surface area (Å²) in [6.07, 6.45) is 4.31. The van der Waals surface area contributed by atoms with Gasteiger partial charge in [-0.15, -0.1) is 0 Å². The molecule has 1 heterocycles. The summed E-state index contributed by atoms with van der Waals surface area (Å²) in [5.41, 5.74) is 8.69. The molecule has 3 aromatic carbocycles. The number of oxime groups is 1. The highest BCUT2D eigenvalue weighted by atomic mass is 16.6. The van der Waals surface area contributed by atoms with Crippen molar-refractivity contribution < 1.29 is 4.84 Å². The topological polar surface area (TPSA) is 21.6 Å². The van der Waals surface area contributed by atoms with Gasteiger partial charge in [0.15, 0.2) is 6.10 Å². The normalized spacial score (nSPS) is 20.5. The van der Waals surface area contributed by atoms with Gasteiger partial charge in [-0.05, 0) is 72.0 Å². The number of nitrogens with zero attached hydrogens (tertiary/aromatic N) is 1. The molecule has 0 fully saturated rings. The molecule has 26 heavy (non-hydrogen) atoms. The molecule has 2 atom stereocenters. The maximum atomic E-state index is 5.83. The molecule has 0 amide bonds. The zero-order valence-corrected chi connectivity index (χ0v) is 15.3. The maximum absolute atomic E-state index is 5.83. The van der Waals surface area contributed by atoms with Crippen molar-refractivity contribution in [3.8, 4) is 0 Å². The Kier molecular flexibility index (Phi) is 3.30. The fourth-order valence-corrected chi connectivity index (χ4v) is 4.53. The molecule has 128 valence electrons. The SMILES string of the molecule is Cc1cc(C)c(C2=NO[C@@H]3C=Cc4cc5ccccc5cc4[C@H]23)c(C)c1. The van der Waals surface area contributed by atoms with Crippen molar-refractivity contribution in [3.05, 3.63) is 88.0 Å². The van der Waals surface area contributed by atoms with Crippen LogP contribution in [-0.2, 0) is 4.84 Å². The van der Waals surface area contributed by atoms with Gasteiger partial charge in [0.2, 0.25) is 0 Å². The number of hydrogen-bond donors (Lipinski definition) is 0. The van der Waals surface area contributed by atoms with E-state index >= 15 is 0 Å². The van der Waals surface area contributed by atoms with E-state index in [1.54, 1.807) is 0 Å². The number of benzene rings is 3. The van der Waals surface area contributed by atoms with Crippen molar-refractivity contribution in [1.82, 2.24) is 0 Å². The third-order valence-electron chi connectivity index (χ3n) is 5.58. The summed E-state index contributed by atoms with van der Waals surface area (Å²) in [5.74, 6) is 0.153. The minimum Gasteiger partial charge on any atom is -0.387 e. The molecule has 0 saturated carbocycles. The van der Waals surface area contributed by atoms with E-state index in [9.17, 15) is 0 Å². The summed E-state index contributed by atoms with van der Waals surface area (Å²) in [6, 6.07) is 17.6. The zero-order valence-electron chi connectivity index (χ0n) is 15.3. The monoisotopic (exact) mass is 339 g/mol. The highest BCUT2D eigenvalue weighted by molar-refractivity contribution is 6.09. The van der Waals surface area contributed by atoms with Crippen LogP contribution in [0.1, 0.15) is 39.3 Å². The van der Waals surface area contributed by atoms with Crippen LogP contribution in [0.3, 0.4) is 0 Å². The van der Waals surface area contributed by atoms with Crippen molar-refractivity contribution in [2.24, 2.45) is 5.16 Å². The van der Waals surface area contributed by atoms with Crippen LogP contribution in [-0.4, -0.2) is 11.8 Å². The third-order valence-corrected chi connectivity index (χ3v) is 5.58. The first kappa shape index (κ1) is 15.4. The molecule has 2 heteroatoms. The van der Waals surface area contributed by atoms with Gasteiger partial charge in [-0.2, -0.15) is 0 Å². The Balaban J connectivity index is 1.70. The van der Waals surface area contributed by atoms with Crippen LogP contribution >= 0.6 is 0 Å². The summed E-state index contributed by atoms with van der Waals surface area (Å²) >= 11 is 0. The molecule has 3 aromatic rings. The second kappa shape index (κ2) is 5.57. The average molecular weight is 339 g/mol. The van der Waals surface area contributed by atoms with Crippen LogP contribution < -0.4 is 0 Å². The van der Waals surface area contributed by atoms with Gasteiger partial charge >= 0.3 is 0 Å². The lowest BCUT2D eigenvalue weighted by Gasteiger charge is -2.25. The molecular formula is C24H21NO. The molecule has 1 aliphatic carbocycles. The molecular weight excluding hydrogens is 318 g/mol. The summed E-state index contributed by atoms with van der Waals surface area (Å²) < 4.78 is 0. The number of hydrogen-bond acceptors (Lipinski definition) is 2. The lowest BCUT2D eigenvalue weighted by molar-refractivity contribution is 0.111. The van der Waals surface area contributed by atoms with Crippen molar-refractivity contribution in [2.45, 2.75) is 32.8 Å². The van der Waals surface area contributed by atoms with Crippen LogP contribution in [0.25, 0.3) is 16.8 Å². The highest BCUT2D eigenvalue weighted by Gasteiger charge is 2.39. The predicted molar refractivity (Wildman–Crippen MR) is 108 cm³/mol. The van der Waals surface area contributed by atoms with E-state index in [1.807, 2.05) is 0 Å². The molecule has 2 nitrogen and oxygen atoms in total. The van der Waals surface area contributed by atoms with Crippen molar-refractivity contribution in [3.63, 3.8) is 0 Å². The van der Waals surface area contributed by atoms with Gasteiger partial charge in [-0.25, -0.2) is 0 Å². The fourth-order valence-electron chi connectivity index (χ4n) is 4.53. The van der Waals surface area contributed by atoms with Gasteiger partial charge < -0.3 is 4.84 Å². The summed E-state index contributed by atoms with van der Waals surface area (Å²) in [6.45, 7) is 6.49. The Bertz CT molecular complexity index is 1080. The zero-order chi connectivity index (χ0) is 17.8. The highest BCUT2D eigenvalue weighted by Crippen LogP contribution is 2.41. The average Bonchev–Trinajstić information content (AvgIpc) is 3.03. The minimum absolute atomic E-state index is 0.0150. The molecule has 5 rings (SSSR count). The third kappa shape index (κ3) is 2.22. The van der Waals surface area contributed by atoms with E-state index in [4.69, 9.17) is 4.84 Å². The van der Waals surface area contributed by atoms with E-state index in [2.05, 4.69) is 86.6 Å². The van der Waals surface area contributed by atoms with E-state index in [0.717, 1.165) is 5.71 Å². The summed E-state index contributed by atoms with van der Waals surface area (Å²) in [7, 11) is 0. The first-order valence-electron chi connectivity index (χ1n) is 9.14. The lowest BCUT2D eigenvalue weighted by atomic mass is 9.78. The van der Waals surface area contributed by atoms with Gasteiger partial charge in [0.25, 0.3) is 0 Å². The van der Waals surface area contributed by atoms with Gasteiger partial charge in [-0.1, -0.05) is 53.2 Å². The van der Waals surface area contributed by atoms with Crippen molar-refractivity contribution >= 4 is 22.6 Å². The quantitative estimate of drug-likeness (QED) is 0.559. The number of aryl methyl sites for hydroxylation is 3. The first-order chi connectivity index (χ1) is 12.6. The van der Waals surface area contributed by atoms with Crippen molar-refractivity contribution in [2.75, 3.05) is 0 Å². The largest absolute Gasteiger partial charge is 0.387 e. The summed E-state index contributed by atoms with van der Waals surface area (Å²) in [4.78, 5) is 5.83. The van der Waals surface area contributed by atoms with E-state index in [0.29, 0.717) is 0 Å². The molecule has 2 aliphatic rings. The smallest absolute Gasteiger partial charge is 0.158 e. The number of rotatable bonds is 1.